The van der Waals surface area contributed by atoms with Crippen LogP contribution in [0.5, 0.6) is 5.75 Å². The number of aromatic hydroxyl groups is 1. The fourth-order valence-corrected chi connectivity index (χ4v) is 2.98. The first-order valence-electron chi connectivity index (χ1n) is 5.77. The normalized spacial score (nSPS) is 10.4. The van der Waals surface area contributed by atoms with Gasteiger partial charge in [0, 0.05) is 16.0 Å². The Morgan fingerprint density at radius 3 is 2.22 bits per heavy atom. The minimum Gasteiger partial charge on any atom is -0.507 e. The van der Waals surface area contributed by atoms with Crippen LogP contribution in [-0.4, -0.2) is 5.11 Å². The summed E-state index contributed by atoms with van der Waals surface area (Å²) in [4.78, 5) is 1.11. The molecule has 0 unspecified atom stereocenters. The zero-order chi connectivity index (χ0) is 12.4. The predicted molar refractivity (Wildman–Crippen MR) is 76.9 cm³/mol. The zero-order valence-electron chi connectivity index (χ0n) is 9.71. The molecule has 0 atom stereocenters. The molecule has 0 fully saturated rings. The third-order valence-corrected chi connectivity index (χ3v) is 3.85. The number of para-hydroxylation sites is 1. The Labute approximate surface area is 110 Å². The lowest BCUT2D eigenvalue weighted by molar-refractivity contribution is 0.477. The number of hydrogen-bond acceptors (Lipinski definition) is 2. The van der Waals surface area contributed by atoms with E-state index in [9.17, 15) is 5.11 Å². The first-order valence-corrected chi connectivity index (χ1v) is 6.65. The molecule has 1 N–H and O–H groups in total. The van der Waals surface area contributed by atoms with Gasteiger partial charge in [0.1, 0.15) is 5.75 Å². The summed E-state index contributed by atoms with van der Waals surface area (Å²) in [7, 11) is 0. The molecule has 0 amide bonds. The van der Waals surface area contributed by atoms with Gasteiger partial charge in [-0.3, -0.25) is 0 Å². The number of phenolic OH excluding ortho intramolecular Hbond substituents is 1. The third kappa shape index (κ3) is 1.91. The monoisotopic (exact) mass is 252 g/mol. The van der Waals surface area contributed by atoms with E-state index in [-0.39, 0.29) is 0 Å². The van der Waals surface area contributed by atoms with E-state index in [2.05, 4.69) is 23.6 Å². The van der Waals surface area contributed by atoms with Crippen molar-refractivity contribution in [1.82, 2.24) is 0 Å². The van der Waals surface area contributed by atoms with Crippen LogP contribution in [0.1, 0.15) is 0 Å². The molecule has 2 aromatic carbocycles. The number of rotatable bonds is 2. The summed E-state index contributed by atoms with van der Waals surface area (Å²) in [6.07, 6.45) is 0. The first kappa shape index (κ1) is 11.1. The third-order valence-electron chi connectivity index (χ3n) is 2.90. The number of thiophene rings is 1. The standard InChI is InChI=1S/C16H12OS/c17-15-9-5-4-8-14(15)16-13(10-11-18-16)12-6-2-1-3-7-12/h1-11,17H. The summed E-state index contributed by atoms with van der Waals surface area (Å²) < 4.78 is 0. The van der Waals surface area contributed by atoms with Crippen LogP contribution in [0.25, 0.3) is 21.6 Å². The summed E-state index contributed by atoms with van der Waals surface area (Å²) >= 11 is 1.65. The van der Waals surface area contributed by atoms with Gasteiger partial charge >= 0.3 is 0 Å². The molecule has 3 rings (SSSR count). The van der Waals surface area contributed by atoms with Gasteiger partial charge in [0.25, 0.3) is 0 Å². The van der Waals surface area contributed by atoms with E-state index in [0.29, 0.717) is 5.75 Å². The van der Waals surface area contributed by atoms with Crippen LogP contribution in [0.3, 0.4) is 0 Å². The van der Waals surface area contributed by atoms with E-state index < -0.39 is 0 Å². The molecule has 1 heterocycles. The Hall–Kier alpha value is -2.06. The molecule has 0 spiro atoms. The summed E-state index contributed by atoms with van der Waals surface area (Å²) in [5.74, 6) is 0.331. The van der Waals surface area contributed by atoms with Gasteiger partial charge in [0.05, 0.1) is 0 Å². The maximum absolute atomic E-state index is 9.96. The van der Waals surface area contributed by atoms with Gasteiger partial charge in [-0.1, -0.05) is 42.5 Å². The molecular weight excluding hydrogens is 240 g/mol. The van der Waals surface area contributed by atoms with E-state index >= 15 is 0 Å². The van der Waals surface area contributed by atoms with Gasteiger partial charge in [0.2, 0.25) is 0 Å². The lowest BCUT2D eigenvalue weighted by Gasteiger charge is -2.06. The molecule has 0 aliphatic heterocycles. The van der Waals surface area contributed by atoms with Crippen LogP contribution in [0.4, 0.5) is 0 Å². The number of benzene rings is 2. The van der Waals surface area contributed by atoms with Gasteiger partial charge in [-0.25, -0.2) is 0 Å². The van der Waals surface area contributed by atoms with Crippen LogP contribution in [0, 0.1) is 0 Å². The van der Waals surface area contributed by atoms with Crippen molar-refractivity contribution in [2.45, 2.75) is 0 Å². The summed E-state index contributed by atoms with van der Waals surface area (Å²) in [6, 6.07) is 19.8. The predicted octanol–water partition coefficient (Wildman–Crippen LogP) is 4.79. The lowest BCUT2D eigenvalue weighted by atomic mass is 10.0. The fourth-order valence-electron chi connectivity index (χ4n) is 2.03. The largest absolute Gasteiger partial charge is 0.507 e. The van der Waals surface area contributed by atoms with Crippen LogP contribution in [0.15, 0.2) is 66.0 Å². The van der Waals surface area contributed by atoms with Gasteiger partial charge in [-0.15, -0.1) is 11.3 Å². The minimum absolute atomic E-state index is 0.331. The second-order valence-electron chi connectivity index (χ2n) is 4.05. The quantitative estimate of drug-likeness (QED) is 0.695. The zero-order valence-corrected chi connectivity index (χ0v) is 10.5. The molecule has 0 aliphatic rings. The van der Waals surface area contributed by atoms with E-state index in [1.165, 1.54) is 11.1 Å². The lowest BCUT2D eigenvalue weighted by Crippen LogP contribution is -1.79. The van der Waals surface area contributed by atoms with Crippen molar-refractivity contribution in [1.29, 1.82) is 0 Å². The summed E-state index contributed by atoms with van der Waals surface area (Å²) in [6.45, 7) is 0. The Kier molecular flexibility index (Phi) is 2.87. The van der Waals surface area contributed by atoms with Gasteiger partial charge in [-0.2, -0.15) is 0 Å². The van der Waals surface area contributed by atoms with E-state index in [1.807, 2.05) is 36.4 Å². The number of hydrogen-bond donors (Lipinski definition) is 1. The maximum atomic E-state index is 9.96. The highest BCUT2D eigenvalue weighted by Gasteiger charge is 2.11. The second kappa shape index (κ2) is 4.67. The van der Waals surface area contributed by atoms with Crippen molar-refractivity contribution in [3.05, 3.63) is 66.0 Å². The van der Waals surface area contributed by atoms with Gasteiger partial charge in [-0.05, 0) is 29.1 Å². The molecule has 18 heavy (non-hydrogen) atoms. The maximum Gasteiger partial charge on any atom is 0.124 e. The Balaban J connectivity index is 2.16. The van der Waals surface area contributed by atoms with Crippen molar-refractivity contribution in [2.24, 2.45) is 0 Å². The molecule has 88 valence electrons. The Bertz CT molecular complexity index is 656. The van der Waals surface area contributed by atoms with Crippen LogP contribution in [-0.2, 0) is 0 Å². The average molecular weight is 252 g/mol. The van der Waals surface area contributed by atoms with Crippen LogP contribution < -0.4 is 0 Å². The fraction of sp³-hybridized carbons (Fsp3) is 0. The van der Waals surface area contributed by atoms with Crippen molar-refractivity contribution in [3.8, 4) is 27.3 Å². The SMILES string of the molecule is Oc1ccccc1-c1sccc1-c1ccccc1. The molecule has 1 aromatic heterocycles. The molecule has 0 bridgehead atoms. The highest BCUT2D eigenvalue weighted by atomic mass is 32.1. The highest BCUT2D eigenvalue weighted by Crippen LogP contribution is 2.40. The van der Waals surface area contributed by atoms with E-state index in [0.717, 1.165) is 10.4 Å². The molecule has 2 heteroatoms. The molecule has 3 aromatic rings. The molecule has 0 radical (unpaired) electrons. The van der Waals surface area contributed by atoms with E-state index in [4.69, 9.17) is 0 Å². The minimum atomic E-state index is 0.331. The topological polar surface area (TPSA) is 20.2 Å². The van der Waals surface area contributed by atoms with Crippen molar-refractivity contribution >= 4 is 11.3 Å². The molecule has 0 aliphatic carbocycles. The van der Waals surface area contributed by atoms with Crippen molar-refractivity contribution in [3.63, 3.8) is 0 Å². The molecule has 1 nitrogen and oxygen atoms in total. The van der Waals surface area contributed by atoms with Crippen LogP contribution >= 0.6 is 11.3 Å². The number of phenols is 1. The molecule has 0 saturated heterocycles. The van der Waals surface area contributed by atoms with E-state index in [1.54, 1.807) is 17.4 Å². The van der Waals surface area contributed by atoms with Crippen molar-refractivity contribution in [2.75, 3.05) is 0 Å². The smallest absolute Gasteiger partial charge is 0.124 e. The molecule has 0 saturated carbocycles. The first-order chi connectivity index (χ1) is 8.86. The Morgan fingerprint density at radius 2 is 1.44 bits per heavy atom. The summed E-state index contributed by atoms with van der Waals surface area (Å²) in [5, 5.41) is 12.0. The molecular formula is C16H12OS. The highest BCUT2D eigenvalue weighted by molar-refractivity contribution is 7.14. The van der Waals surface area contributed by atoms with Gasteiger partial charge in [0.15, 0.2) is 0 Å². The van der Waals surface area contributed by atoms with Crippen LogP contribution in [0.2, 0.25) is 0 Å². The average Bonchev–Trinajstić information content (AvgIpc) is 2.89. The van der Waals surface area contributed by atoms with Crippen molar-refractivity contribution < 1.29 is 5.11 Å². The second-order valence-corrected chi connectivity index (χ2v) is 4.96. The summed E-state index contributed by atoms with van der Waals surface area (Å²) in [5.41, 5.74) is 3.24. The Morgan fingerprint density at radius 1 is 0.722 bits per heavy atom. The van der Waals surface area contributed by atoms with Gasteiger partial charge < -0.3 is 5.11 Å².